The fourth-order valence-corrected chi connectivity index (χ4v) is 5.37. The van der Waals surface area contributed by atoms with Crippen LogP contribution in [0.2, 0.25) is 5.02 Å². The van der Waals surface area contributed by atoms with E-state index in [0.717, 1.165) is 30.3 Å². The number of aryl methyl sites for hydroxylation is 2. The number of benzene rings is 3. The van der Waals surface area contributed by atoms with E-state index in [9.17, 15) is 37.1 Å². The molecule has 12 nitrogen and oxygen atoms in total. The summed E-state index contributed by atoms with van der Waals surface area (Å²) in [4.78, 5) is 20.1. The Morgan fingerprint density at radius 2 is 1.11 bits per heavy atom. The number of nitrogens with zero attached hydrogens (tertiary/aromatic N) is 2. The van der Waals surface area contributed by atoms with Crippen LogP contribution in [-0.4, -0.2) is 26.7 Å². The van der Waals surface area contributed by atoms with Gasteiger partial charge >= 0.3 is 0 Å². The van der Waals surface area contributed by atoms with E-state index in [1.54, 1.807) is 0 Å². The highest BCUT2D eigenvalue weighted by atomic mass is 35.5. The van der Waals surface area contributed by atoms with Gasteiger partial charge in [-0.15, -0.1) is 0 Å². The predicted molar refractivity (Wildman–Crippen MR) is 129 cm³/mol. The SMILES string of the molecule is Cc1ccc(S(=O)(=O)Nc2ccc(Cl)cc2NS(=O)(=O)c2ccc(C)c([N+](=O)[O-])c2)cc1[N+](=O)[O-]. The zero-order chi connectivity index (χ0) is 26.1. The number of nitrogens with one attached hydrogen (secondary N) is 2. The number of rotatable bonds is 8. The van der Waals surface area contributed by atoms with E-state index in [1.807, 2.05) is 0 Å². The van der Waals surface area contributed by atoms with Gasteiger partial charge in [-0.05, 0) is 44.2 Å². The van der Waals surface area contributed by atoms with Crippen molar-refractivity contribution in [3.05, 3.63) is 91.0 Å². The minimum atomic E-state index is -4.41. The van der Waals surface area contributed by atoms with Crippen LogP contribution in [0, 0.1) is 34.1 Å². The Kier molecular flexibility index (Phi) is 7.01. The normalized spacial score (nSPS) is 11.6. The van der Waals surface area contributed by atoms with Gasteiger partial charge in [-0.2, -0.15) is 0 Å². The number of hydrogen-bond acceptors (Lipinski definition) is 8. The lowest BCUT2D eigenvalue weighted by molar-refractivity contribution is -0.385. The summed E-state index contributed by atoms with van der Waals surface area (Å²) in [6.45, 7) is 2.89. The summed E-state index contributed by atoms with van der Waals surface area (Å²) in [5.74, 6) is 0. The highest BCUT2D eigenvalue weighted by Crippen LogP contribution is 2.32. The minimum absolute atomic E-state index is 0.0616. The maximum absolute atomic E-state index is 12.9. The molecule has 35 heavy (non-hydrogen) atoms. The average molecular weight is 541 g/mol. The molecule has 3 rings (SSSR count). The van der Waals surface area contributed by atoms with Crippen molar-refractivity contribution in [2.75, 3.05) is 9.44 Å². The van der Waals surface area contributed by atoms with Crippen LogP contribution in [0.4, 0.5) is 22.7 Å². The van der Waals surface area contributed by atoms with Crippen LogP contribution < -0.4 is 9.44 Å². The summed E-state index contributed by atoms with van der Waals surface area (Å²) in [7, 11) is -8.79. The molecule has 0 amide bonds. The van der Waals surface area contributed by atoms with Crippen LogP contribution in [0.25, 0.3) is 0 Å². The first-order valence-corrected chi connectivity index (χ1v) is 12.9. The predicted octanol–water partition coefficient (Wildman–Crippen LogP) is 4.37. The molecule has 0 spiro atoms. The van der Waals surface area contributed by atoms with E-state index < -0.39 is 51.1 Å². The number of nitro benzene ring substituents is 2. The molecule has 0 aromatic heterocycles. The molecule has 0 heterocycles. The van der Waals surface area contributed by atoms with Gasteiger partial charge in [0.15, 0.2) is 0 Å². The number of hydrogen-bond donors (Lipinski definition) is 2. The Morgan fingerprint density at radius 1 is 0.686 bits per heavy atom. The summed E-state index contributed by atoms with van der Waals surface area (Å²) in [6.07, 6.45) is 0. The number of nitro groups is 2. The molecule has 0 saturated heterocycles. The van der Waals surface area contributed by atoms with E-state index in [-0.39, 0.29) is 27.5 Å². The van der Waals surface area contributed by atoms with Crippen molar-refractivity contribution in [2.24, 2.45) is 0 Å². The van der Waals surface area contributed by atoms with Gasteiger partial charge in [-0.3, -0.25) is 29.7 Å². The van der Waals surface area contributed by atoms with Gasteiger partial charge in [-0.1, -0.05) is 23.7 Å². The van der Waals surface area contributed by atoms with Gasteiger partial charge in [0.05, 0.1) is 31.0 Å². The van der Waals surface area contributed by atoms with Crippen LogP contribution >= 0.6 is 11.6 Å². The molecule has 15 heteroatoms. The fourth-order valence-electron chi connectivity index (χ4n) is 3.00. The second-order valence-corrected chi connectivity index (χ2v) is 11.1. The highest BCUT2D eigenvalue weighted by Gasteiger charge is 2.24. The third-order valence-corrected chi connectivity index (χ3v) is 7.81. The maximum Gasteiger partial charge on any atom is 0.273 e. The van der Waals surface area contributed by atoms with Crippen molar-refractivity contribution in [2.45, 2.75) is 23.6 Å². The van der Waals surface area contributed by atoms with Crippen LogP contribution in [0.15, 0.2) is 64.4 Å². The smallest absolute Gasteiger partial charge is 0.273 e. The first-order valence-electron chi connectivity index (χ1n) is 9.56. The van der Waals surface area contributed by atoms with Gasteiger partial charge in [0.1, 0.15) is 0 Å². The lowest BCUT2D eigenvalue weighted by Gasteiger charge is -2.15. The molecule has 0 aliphatic carbocycles. The summed E-state index contributed by atoms with van der Waals surface area (Å²) in [5, 5.41) is 22.4. The molecular formula is C20H17ClN4O8S2. The molecule has 0 saturated carbocycles. The van der Waals surface area contributed by atoms with E-state index in [0.29, 0.717) is 0 Å². The number of anilines is 2. The van der Waals surface area contributed by atoms with Crippen LogP contribution in [0.1, 0.15) is 11.1 Å². The van der Waals surface area contributed by atoms with Gasteiger partial charge in [0, 0.05) is 28.3 Å². The molecule has 2 N–H and O–H groups in total. The van der Waals surface area contributed by atoms with E-state index >= 15 is 0 Å². The zero-order valence-electron chi connectivity index (χ0n) is 18.1. The second kappa shape index (κ2) is 9.48. The monoisotopic (exact) mass is 540 g/mol. The Bertz CT molecular complexity index is 1570. The largest absolute Gasteiger partial charge is 0.277 e. The number of halogens is 1. The highest BCUT2D eigenvalue weighted by molar-refractivity contribution is 7.93. The molecule has 0 atom stereocenters. The molecule has 0 fully saturated rings. The molecule has 0 unspecified atom stereocenters. The molecule has 0 radical (unpaired) electrons. The van der Waals surface area contributed by atoms with Crippen molar-refractivity contribution in [3.63, 3.8) is 0 Å². The lowest BCUT2D eigenvalue weighted by Crippen LogP contribution is -2.18. The lowest BCUT2D eigenvalue weighted by atomic mass is 10.2. The Labute approximate surface area is 205 Å². The molecule has 3 aromatic rings. The standard InChI is InChI=1S/C20H17ClN4O8S2/c1-12-3-6-15(10-19(12)24(26)27)34(30,31)22-17-8-5-14(21)9-18(17)23-35(32,33)16-7-4-13(2)20(11-16)25(28)29/h3-11,22-23H,1-2H3. The van der Waals surface area contributed by atoms with E-state index in [1.165, 1.54) is 38.1 Å². The van der Waals surface area contributed by atoms with Crippen molar-refractivity contribution in [1.29, 1.82) is 0 Å². The molecule has 0 bridgehead atoms. The molecule has 3 aromatic carbocycles. The van der Waals surface area contributed by atoms with Gasteiger partial charge < -0.3 is 0 Å². The summed E-state index contributed by atoms with van der Waals surface area (Å²) >= 11 is 5.96. The van der Waals surface area contributed by atoms with Crippen LogP contribution in [0.3, 0.4) is 0 Å². The van der Waals surface area contributed by atoms with Crippen molar-refractivity contribution >= 4 is 54.4 Å². The summed E-state index contributed by atoms with van der Waals surface area (Å²) < 4.78 is 56.0. The van der Waals surface area contributed by atoms with Crippen molar-refractivity contribution in [1.82, 2.24) is 0 Å². The topological polar surface area (TPSA) is 179 Å². The maximum atomic E-state index is 12.9. The van der Waals surface area contributed by atoms with Crippen LogP contribution in [0.5, 0.6) is 0 Å². The third-order valence-electron chi connectivity index (χ3n) is 4.85. The molecule has 184 valence electrons. The first kappa shape index (κ1) is 25.9. The second-order valence-electron chi connectivity index (χ2n) is 7.31. The van der Waals surface area contributed by atoms with Gasteiger partial charge in [-0.25, -0.2) is 16.8 Å². The third kappa shape index (κ3) is 5.67. The number of sulfonamides is 2. The first-order chi connectivity index (χ1) is 16.2. The molecule has 0 aliphatic rings. The molecular weight excluding hydrogens is 524 g/mol. The zero-order valence-corrected chi connectivity index (χ0v) is 20.4. The Balaban J connectivity index is 2.01. The quantitative estimate of drug-likeness (QED) is 0.312. The molecule has 0 aliphatic heterocycles. The summed E-state index contributed by atoms with van der Waals surface area (Å²) in [5.41, 5.74) is -0.834. The van der Waals surface area contributed by atoms with E-state index in [4.69, 9.17) is 11.6 Å². The van der Waals surface area contributed by atoms with Crippen molar-refractivity contribution < 1.29 is 26.7 Å². The van der Waals surface area contributed by atoms with Gasteiger partial charge in [0.25, 0.3) is 31.4 Å². The van der Waals surface area contributed by atoms with Crippen molar-refractivity contribution in [3.8, 4) is 0 Å². The van der Waals surface area contributed by atoms with Gasteiger partial charge in [0.2, 0.25) is 0 Å². The fraction of sp³-hybridized carbons (Fsp3) is 0.100. The van der Waals surface area contributed by atoms with E-state index in [2.05, 4.69) is 9.44 Å². The van der Waals surface area contributed by atoms with Crippen LogP contribution in [-0.2, 0) is 20.0 Å². The Hall–Kier alpha value is -3.75. The minimum Gasteiger partial charge on any atom is -0.277 e. The summed E-state index contributed by atoms with van der Waals surface area (Å²) in [6, 6.07) is 10.2. The Morgan fingerprint density at radius 3 is 1.54 bits per heavy atom. The average Bonchev–Trinajstić information content (AvgIpc) is 2.75.